The highest BCUT2D eigenvalue weighted by Crippen LogP contribution is 2.24. The van der Waals surface area contributed by atoms with Crippen LogP contribution in [0.25, 0.3) is 0 Å². The molecule has 0 atom stereocenters. The summed E-state index contributed by atoms with van der Waals surface area (Å²) >= 11 is 0. The molecule has 0 saturated heterocycles. The molecule has 0 aliphatic heterocycles. The van der Waals surface area contributed by atoms with E-state index >= 15 is 0 Å². The first-order chi connectivity index (χ1) is 10.2. The number of rotatable bonds is 6. The molecule has 0 saturated carbocycles. The van der Waals surface area contributed by atoms with Gasteiger partial charge in [0.15, 0.2) is 0 Å². The van der Waals surface area contributed by atoms with Gasteiger partial charge in [-0.2, -0.15) is 0 Å². The zero-order valence-electron chi connectivity index (χ0n) is 14.6. The lowest BCUT2D eigenvalue weighted by Crippen LogP contribution is -2.46. The third-order valence-electron chi connectivity index (χ3n) is 4.15. The van der Waals surface area contributed by atoms with Gasteiger partial charge in [-0.1, -0.05) is 25.5 Å². The number of amides is 2. The molecule has 0 heterocycles. The van der Waals surface area contributed by atoms with E-state index in [4.69, 9.17) is 0 Å². The second-order valence-electron chi connectivity index (χ2n) is 6.41. The van der Waals surface area contributed by atoms with E-state index < -0.39 is 5.41 Å². The van der Waals surface area contributed by atoms with Crippen LogP contribution >= 0.6 is 0 Å². The summed E-state index contributed by atoms with van der Waals surface area (Å²) in [5.74, 6) is -0.418. The first kappa shape index (κ1) is 18.2. The summed E-state index contributed by atoms with van der Waals surface area (Å²) in [6, 6.07) is 5.77. The first-order valence-corrected chi connectivity index (χ1v) is 7.85. The van der Waals surface area contributed by atoms with Crippen LogP contribution in [0.3, 0.4) is 0 Å². The fourth-order valence-electron chi connectivity index (χ4n) is 2.24. The Morgan fingerprint density at radius 1 is 1.23 bits per heavy atom. The highest BCUT2D eigenvalue weighted by molar-refractivity contribution is 6.10. The van der Waals surface area contributed by atoms with Gasteiger partial charge in [-0.25, -0.2) is 0 Å². The van der Waals surface area contributed by atoms with Crippen LogP contribution in [0.15, 0.2) is 18.2 Å². The molecule has 1 aromatic rings. The van der Waals surface area contributed by atoms with E-state index in [2.05, 4.69) is 12.2 Å². The highest BCUT2D eigenvalue weighted by atomic mass is 16.2. The Balaban J connectivity index is 2.86. The monoisotopic (exact) mass is 304 g/mol. The number of unbranched alkanes of at least 4 members (excludes halogenated alkanes) is 1. The zero-order chi connectivity index (χ0) is 16.9. The second kappa shape index (κ2) is 7.43. The molecule has 22 heavy (non-hydrogen) atoms. The third kappa shape index (κ3) is 4.09. The Morgan fingerprint density at radius 3 is 2.45 bits per heavy atom. The molecule has 0 aromatic heterocycles. The average Bonchev–Trinajstić information content (AvgIpc) is 2.48. The topological polar surface area (TPSA) is 49.4 Å². The Hall–Kier alpha value is -1.84. The first-order valence-electron chi connectivity index (χ1n) is 7.85. The summed E-state index contributed by atoms with van der Waals surface area (Å²) in [4.78, 5) is 26.7. The van der Waals surface area contributed by atoms with Gasteiger partial charge >= 0.3 is 0 Å². The highest BCUT2D eigenvalue weighted by Gasteiger charge is 2.38. The molecular weight excluding hydrogens is 276 g/mol. The average molecular weight is 304 g/mol. The molecule has 1 aromatic carbocycles. The van der Waals surface area contributed by atoms with Crippen LogP contribution in [0.5, 0.6) is 0 Å². The molecule has 1 rings (SSSR count). The Kier molecular flexibility index (Phi) is 6.15. The molecule has 0 aliphatic rings. The zero-order valence-corrected chi connectivity index (χ0v) is 14.6. The number of benzene rings is 1. The standard InChI is InChI=1S/C18H28N2O2/c1-7-8-12-20(6)17(22)18(4,5)16(21)19-15-11-9-10-13(2)14(15)3/h9-11H,7-8,12H2,1-6H3,(H,19,21). The van der Waals surface area contributed by atoms with Gasteiger partial charge in [0.2, 0.25) is 11.8 Å². The van der Waals surface area contributed by atoms with Crippen molar-refractivity contribution in [3.63, 3.8) is 0 Å². The van der Waals surface area contributed by atoms with Crippen molar-refractivity contribution in [1.82, 2.24) is 4.90 Å². The van der Waals surface area contributed by atoms with Crippen molar-refractivity contribution in [2.45, 2.75) is 47.5 Å². The summed E-state index contributed by atoms with van der Waals surface area (Å²) in [5, 5.41) is 2.90. The largest absolute Gasteiger partial charge is 0.345 e. The maximum Gasteiger partial charge on any atom is 0.239 e. The molecule has 4 heteroatoms. The molecule has 122 valence electrons. The number of carbonyl (C=O) groups excluding carboxylic acids is 2. The van der Waals surface area contributed by atoms with Gasteiger partial charge in [0.25, 0.3) is 0 Å². The Labute approximate surface area is 133 Å². The van der Waals surface area contributed by atoms with Crippen molar-refractivity contribution in [2.24, 2.45) is 5.41 Å². The number of hydrogen-bond acceptors (Lipinski definition) is 2. The molecule has 1 N–H and O–H groups in total. The van der Waals surface area contributed by atoms with Gasteiger partial charge in [0.1, 0.15) is 5.41 Å². The van der Waals surface area contributed by atoms with Gasteiger partial charge in [0.05, 0.1) is 0 Å². The number of nitrogens with zero attached hydrogens (tertiary/aromatic N) is 1. The minimum absolute atomic E-state index is 0.149. The summed E-state index contributed by atoms with van der Waals surface area (Å²) in [7, 11) is 1.75. The molecule has 0 bridgehead atoms. The van der Waals surface area contributed by atoms with E-state index in [9.17, 15) is 9.59 Å². The predicted molar refractivity (Wildman–Crippen MR) is 90.9 cm³/mol. The Bertz CT molecular complexity index is 550. The van der Waals surface area contributed by atoms with E-state index in [1.807, 2.05) is 32.0 Å². The SMILES string of the molecule is CCCCN(C)C(=O)C(C)(C)C(=O)Nc1cccc(C)c1C. The molecule has 2 amide bonds. The molecule has 0 spiro atoms. The van der Waals surface area contributed by atoms with Crippen molar-refractivity contribution >= 4 is 17.5 Å². The third-order valence-corrected chi connectivity index (χ3v) is 4.15. The number of aryl methyl sites for hydroxylation is 1. The van der Waals surface area contributed by atoms with E-state index in [1.54, 1.807) is 25.8 Å². The fraction of sp³-hybridized carbons (Fsp3) is 0.556. The van der Waals surface area contributed by atoms with Crippen LogP contribution in [-0.4, -0.2) is 30.3 Å². The fourth-order valence-corrected chi connectivity index (χ4v) is 2.24. The van der Waals surface area contributed by atoms with Crippen LogP contribution in [0, 0.1) is 19.3 Å². The second-order valence-corrected chi connectivity index (χ2v) is 6.41. The van der Waals surface area contributed by atoms with Gasteiger partial charge in [-0.05, 0) is 51.3 Å². The number of anilines is 1. The molecule has 0 fully saturated rings. The number of nitrogens with one attached hydrogen (secondary N) is 1. The van der Waals surface area contributed by atoms with Gasteiger partial charge in [-0.3, -0.25) is 9.59 Å². The van der Waals surface area contributed by atoms with E-state index in [0.29, 0.717) is 6.54 Å². The maximum atomic E-state index is 12.6. The van der Waals surface area contributed by atoms with Crippen molar-refractivity contribution in [1.29, 1.82) is 0 Å². The van der Waals surface area contributed by atoms with Crippen LogP contribution in [0.2, 0.25) is 0 Å². The van der Waals surface area contributed by atoms with Crippen molar-refractivity contribution in [3.05, 3.63) is 29.3 Å². The number of hydrogen-bond donors (Lipinski definition) is 1. The molecule has 0 radical (unpaired) electrons. The minimum Gasteiger partial charge on any atom is -0.345 e. The lowest BCUT2D eigenvalue weighted by atomic mass is 9.90. The number of carbonyl (C=O) groups is 2. The van der Waals surface area contributed by atoms with Crippen LogP contribution in [0.1, 0.15) is 44.7 Å². The predicted octanol–water partition coefficient (Wildman–Crippen LogP) is 3.53. The Morgan fingerprint density at radius 2 is 1.86 bits per heavy atom. The van der Waals surface area contributed by atoms with Crippen LogP contribution in [-0.2, 0) is 9.59 Å². The van der Waals surface area contributed by atoms with Crippen molar-refractivity contribution < 1.29 is 9.59 Å². The molecule has 0 unspecified atom stereocenters. The lowest BCUT2D eigenvalue weighted by molar-refractivity contribution is -0.145. The van der Waals surface area contributed by atoms with Gasteiger partial charge < -0.3 is 10.2 Å². The van der Waals surface area contributed by atoms with Crippen molar-refractivity contribution in [3.8, 4) is 0 Å². The van der Waals surface area contributed by atoms with Crippen LogP contribution < -0.4 is 5.32 Å². The smallest absolute Gasteiger partial charge is 0.239 e. The van der Waals surface area contributed by atoms with E-state index in [1.165, 1.54) is 0 Å². The van der Waals surface area contributed by atoms with E-state index in [0.717, 1.165) is 29.7 Å². The summed E-state index contributed by atoms with van der Waals surface area (Å²) in [6.45, 7) is 10.1. The minimum atomic E-state index is -1.08. The normalized spacial score (nSPS) is 11.2. The molecule has 4 nitrogen and oxygen atoms in total. The lowest BCUT2D eigenvalue weighted by Gasteiger charge is -2.28. The maximum absolute atomic E-state index is 12.6. The van der Waals surface area contributed by atoms with Crippen LogP contribution in [0.4, 0.5) is 5.69 Å². The van der Waals surface area contributed by atoms with Gasteiger partial charge in [-0.15, -0.1) is 0 Å². The summed E-state index contributed by atoms with van der Waals surface area (Å²) < 4.78 is 0. The molecular formula is C18H28N2O2. The van der Waals surface area contributed by atoms with E-state index in [-0.39, 0.29) is 11.8 Å². The van der Waals surface area contributed by atoms with Crippen molar-refractivity contribution in [2.75, 3.05) is 18.9 Å². The van der Waals surface area contributed by atoms with Gasteiger partial charge in [0, 0.05) is 19.3 Å². The summed E-state index contributed by atoms with van der Waals surface area (Å²) in [6.07, 6.45) is 1.96. The quantitative estimate of drug-likeness (QED) is 0.817. The summed E-state index contributed by atoms with van der Waals surface area (Å²) in [5.41, 5.74) is 1.82. The molecule has 0 aliphatic carbocycles.